The number of nitrogens with zero attached hydrogens (tertiary/aromatic N) is 3. The van der Waals surface area contributed by atoms with E-state index < -0.39 is 5.91 Å². The number of likely N-dealkylation sites (N-methyl/N-ethyl adjacent to an activating group) is 1. The summed E-state index contributed by atoms with van der Waals surface area (Å²) in [5, 5.41) is 4.22. The van der Waals surface area contributed by atoms with E-state index >= 15 is 0 Å². The molecular weight excluding hydrogens is 461 g/mol. The van der Waals surface area contributed by atoms with Crippen molar-refractivity contribution in [3.05, 3.63) is 75.4 Å². The lowest BCUT2D eigenvalue weighted by Gasteiger charge is -2.32. The number of morpholine rings is 1. The number of amides is 1. The van der Waals surface area contributed by atoms with E-state index in [2.05, 4.69) is 27.1 Å². The third-order valence-corrected chi connectivity index (χ3v) is 6.24. The molecule has 9 heteroatoms. The molecule has 3 aromatic rings. The smallest absolute Gasteiger partial charge is 0.254 e. The fourth-order valence-corrected chi connectivity index (χ4v) is 4.19. The van der Waals surface area contributed by atoms with Crippen LogP contribution in [0.4, 0.5) is 5.82 Å². The van der Waals surface area contributed by atoms with Gasteiger partial charge in [-0.1, -0.05) is 60.5 Å². The van der Waals surface area contributed by atoms with Crippen LogP contribution in [0.25, 0.3) is 11.4 Å². The maximum Gasteiger partial charge on any atom is 0.254 e. The van der Waals surface area contributed by atoms with Crippen molar-refractivity contribution in [2.45, 2.75) is 19.6 Å². The molecule has 1 saturated heterocycles. The van der Waals surface area contributed by atoms with Crippen LogP contribution in [0.3, 0.4) is 0 Å². The summed E-state index contributed by atoms with van der Waals surface area (Å²) in [5.41, 5.74) is 8.48. The second-order valence-corrected chi connectivity index (χ2v) is 8.63. The molecule has 1 amide bonds. The van der Waals surface area contributed by atoms with E-state index in [0.717, 1.165) is 42.9 Å². The van der Waals surface area contributed by atoms with Crippen LogP contribution < -0.4 is 11.1 Å². The van der Waals surface area contributed by atoms with Gasteiger partial charge in [0, 0.05) is 41.4 Å². The molecule has 1 unspecified atom stereocenters. The molecule has 0 saturated carbocycles. The lowest BCUT2D eigenvalue weighted by Crippen LogP contribution is -2.38. The van der Waals surface area contributed by atoms with Crippen molar-refractivity contribution in [3.63, 3.8) is 0 Å². The van der Waals surface area contributed by atoms with E-state index in [1.165, 1.54) is 6.20 Å². The molecule has 0 spiro atoms. The minimum absolute atomic E-state index is 0.0484. The van der Waals surface area contributed by atoms with E-state index in [4.69, 9.17) is 33.7 Å². The number of carbonyl (C=O) groups is 1. The molecule has 1 atom stereocenters. The Hall–Kier alpha value is -2.71. The van der Waals surface area contributed by atoms with Crippen LogP contribution in [-0.4, -0.2) is 47.0 Å². The summed E-state index contributed by atoms with van der Waals surface area (Å²) in [7, 11) is 0. The Morgan fingerprint density at radius 2 is 2.03 bits per heavy atom. The van der Waals surface area contributed by atoms with Crippen LogP contribution in [0.1, 0.15) is 34.5 Å². The Bertz CT molecular complexity index is 1140. The summed E-state index contributed by atoms with van der Waals surface area (Å²) in [6.07, 6.45) is 1.49. The number of hydrogen-bond acceptors (Lipinski definition) is 6. The highest BCUT2D eigenvalue weighted by Crippen LogP contribution is 2.26. The normalized spacial score (nSPS) is 16.5. The lowest BCUT2D eigenvalue weighted by atomic mass is 10.0. The third kappa shape index (κ3) is 5.62. The number of carbonyl (C=O) groups excluding carboxylic acids is 1. The van der Waals surface area contributed by atoms with Gasteiger partial charge >= 0.3 is 0 Å². The van der Waals surface area contributed by atoms with Crippen LogP contribution in [0.2, 0.25) is 10.0 Å². The van der Waals surface area contributed by atoms with E-state index in [-0.39, 0.29) is 11.7 Å². The zero-order valence-electron chi connectivity index (χ0n) is 18.2. The quantitative estimate of drug-likeness (QED) is 0.509. The Morgan fingerprint density at radius 3 is 2.73 bits per heavy atom. The average molecular weight is 486 g/mol. The van der Waals surface area contributed by atoms with Gasteiger partial charge in [-0.05, 0) is 29.8 Å². The van der Waals surface area contributed by atoms with Crippen molar-refractivity contribution in [1.29, 1.82) is 0 Å². The topological polar surface area (TPSA) is 93.4 Å². The molecule has 2 aromatic carbocycles. The van der Waals surface area contributed by atoms with Crippen molar-refractivity contribution >= 4 is 34.9 Å². The van der Waals surface area contributed by atoms with Gasteiger partial charge in [-0.2, -0.15) is 0 Å². The van der Waals surface area contributed by atoms with Crippen molar-refractivity contribution < 1.29 is 9.53 Å². The second-order valence-electron chi connectivity index (χ2n) is 7.78. The maximum atomic E-state index is 11.9. The fraction of sp³-hybridized carbons (Fsp3) is 0.292. The molecule has 1 fully saturated rings. The first kappa shape index (κ1) is 23.4. The van der Waals surface area contributed by atoms with Crippen molar-refractivity contribution in [3.8, 4) is 11.4 Å². The molecule has 1 aromatic heterocycles. The van der Waals surface area contributed by atoms with Crippen LogP contribution in [0, 0.1) is 0 Å². The number of hydrogen-bond donors (Lipinski definition) is 2. The molecule has 1 aliphatic rings. The summed E-state index contributed by atoms with van der Waals surface area (Å²) >= 11 is 12.2. The van der Waals surface area contributed by atoms with Gasteiger partial charge in [-0.15, -0.1) is 0 Å². The monoisotopic (exact) mass is 485 g/mol. The zero-order valence-corrected chi connectivity index (χ0v) is 19.7. The molecule has 2 heterocycles. The molecule has 0 bridgehead atoms. The number of aromatic nitrogens is 2. The summed E-state index contributed by atoms with van der Waals surface area (Å²) in [6.45, 7) is 6.08. The van der Waals surface area contributed by atoms with Gasteiger partial charge in [-0.25, -0.2) is 9.97 Å². The van der Waals surface area contributed by atoms with E-state index in [9.17, 15) is 4.79 Å². The van der Waals surface area contributed by atoms with Gasteiger partial charge in [-0.3, -0.25) is 9.69 Å². The van der Waals surface area contributed by atoms with Gasteiger partial charge in [0.15, 0.2) is 5.82 Å². The zero-order chi connectivity index (χ0) is 23.4. The molecule has 4 rings (SSSR count). The first-order valence-corrected chi connectivity index (χ1v) is 11.5. The average Bonchev–Trinajstić information content (AvgIpc) is 2.83. The number of anilines is 1. The Kier molecular flexibility index (Phi) is 7.45. The SMILES string of the molecule is CCN1CCOC(c2ccc(-c3ncc(C(N)=O)c(NCc4ccc(Cl)cc4Cl)n3)cc2)C1. The fourth-order valence-electron chi connectivity index (χ4n) is 3.72. The van der Waals surface area contributed by atoms with E-state index in [0.29, 0.717) is 28.2 Å². The highest BCUT2D eigenvalue weighted by Gasteiger charge is 2.21. The van der Waals surface area contributed by atoms with Crippen LogP contribution in [0.15, 0.2) is 48.7 Å². The van der Waals surface area contributed by atoms with Crippen LogP contribution in [0.5, 0.6) is 0 Å². The number of benzene rings is 2. The van der Waals surface area contributed by atoms with E-state index in [1.54, 1.807) is 12.1 Å². The van der Waals surface area contributed by atoms with Gasteiger partial charge in [0.25, 0.3) is 5.91 Å². The van der Waals surface area contributed by atoms with E-state index in [1.807, 2.05) is 30.3 Å². The predicted molar refractivity (Wildman–Crippen MR) is 131 cm³/mol. The van der Waals surface area contributed by atoms with Crippen molar-refractivity contribution in [2.24, 2.45) is 5.73 Å². The number of nitrogens with two attached hydrogens (primary N) is 1. The van der Waals surface area contributed by atoms with Crippen LogP contribution in [-0.2, 0) is 11.3 Å². The van der Waals surface area contributed by atoms with Gasteiger partial charge in [0.05, 0.1) is 18.3 Å². The molecule has 3 N–H and O–H groups in total. The van der Waals surface area contributed by atoms with Crippen molar-refractivity contribution in [2.75, 3.05) is 31.6 Å². The molecule has 0 aliphatic carbocycles. The summed E-state index contributed by atoms with van der Waals surface area (Å²) in [6, 6.07) is 13.2. The first-order valence-electron chi connectivity index (χ1n) is 10.7. The van der Waals surface area contributed by atoms with Gasteiger partial charge in [0.2, 0.25) is 0 Å². The number of rotatable bonds is 7. The van der Waals surface area contributed by atoms with Crippen LogP contribution >= 0.6 is 23.2 Å². The van der Waals surface area contributed by atoms with Gasteiger partial charge < -0.3 is 15.8 Å². The minimum Gasteiger partial charge on any atom is -0.371 e. The lowest BCUT2D eigenvalue weighted by molar-refractivity contribution is -0.0281. The summed E-state index contributed by atoms with van der Waals surface area (Å²) < 4.78 is 5.94. The molecule has 7 nitrogen and oxygen atoms in total. The second kappa shape index (κ2) is 10.5. The summed E-state index contributed by atoms with van der Waals surface area (Å²) in [4.78, 5) is 23.2. The van der Waals surface area contributed by atoms with Crippen molar-refractivity contribution in [1.82, 2.24) is 14.9 Å². The highest BCUT2D eigenvalue weighted by molar-refractivity contribution is 6.35. The number of halogens is 2. The molecule has 33 heavy (non-hydrogen) atoms. The molecule has 0 radical (unpaired) electrons. The molecular formula is C24H25Cl2N5O2. The molecule has 1 aliphatic heterocycles. The number of primary amides is 1. The minimum atomic E-state index is -0.614. The standard InChI is InChI=1S/C24H25Cl2N5O2/c1-2-31-9-10-33-21(14-31)15-3-5-16(6-4-15)23-29-13-19(22(27)32)24(30-23)28-12-17-7-8-18(25)11-20(17)26/h3-8,11,13,21H,2,9-10,12,14H2,1H3,(H2,27,32)(H,28,29,30). The van der Waals surface area contributed by atoms with Gasteiger partial charge in [0.1, 0.15) is 5.82 Å². The Morgan fingerprint density at radius 1 is 1.24 bits per heavy atom. The Balaban J connectivity index is 1.55. The molecule has 172 valence electrons. The first-order chi connectivity index (χ1) is 15.9. The number of ether oxygens (including phenoxy) is 1. The third-order valence-electron chi connectivity index (χ3n) is 5.65. The summed E-state index contributed by atoms with van der Waals surface area (Å²) in [5.74, 6) is 0.212. The predicted octanol–water partition coefficient (Wildman–Crippen LogP) is 4.55. The maximum absolute atomic E-state index is 11.9. The Labute approximate surface area is 202 Å². The highest BCUT2D eigenvalue weighted by atomic mass is 35.5. The largest absolute Gasteiger partial charge is 0.371 e. The number of nitrogens with one attached hydrogen (secondary N) is 1.